The molecule has 0 amide bonds. The van der Waals surface area contributed by atoms with Crippen LogP contribution in [0.25, 0.3) is 48.9 Å². The molecule has 2 nitrogen and oxygen atoms in total. The van der Waals surface area contributed by atoms with Crippen molar-refractivity contribution in [1.29, 1.82) is 5.26 Å². The first-order valence-electron chi connectivity index (χ1n) is 21.2. The Kier molecular flexibility index (Phi) is 5.18. The Morgan fingerprint density at radius 1 is 0.615 bits per heavy atom. The number of nitrogens with zero attached hydrogens (tertiary/aromatic N) is 2. The van der Waals surface area contributed by atoms with Crippen molar-refractivity contribution in [3.05, 3.63) is 75.3 Å². The van der Waals surface area contributed by atoms with Gasteiger partial charge in [-0.15, -0.1) is 0 Å². The van der Waals surface area contributed by atoms with E-state index in [0.29, 0.717) is 23.2 Å². The average molecular weight is 681 g/mol. The Balaban J connectivity index is 1.27. The number of rotatable bonds is 0. The van der Waals surface area contributed by atoms with Crippen molar-refractivity contribution in [1.82, 2.24) is 4.40 Å². The van der Waals surface area contributed by atoms with Crippen LogP contribution < -0.4 is 0 Å². The van der Waals surface area contributed by atoms with Gasteiger partial charge >= 0.3 is 0 Å². The second kappa shape index (κ2) is 9.03. The van der Waals surface area contributed by atoms with Crippen LogP contribution in [0.2, 0.25) is 0 Å². The Bertz CT molecular complexity index is 2670. The van der Waals surface area contributed by atoms with E-state index < -0.39 is 0 Å². The van der Waals surface area contributed by atoms with Gasteiger partial charge in [0.25, 0.3) is 0 Å². The zero-order valence-electron chi connectivity index (χ0n) is 32.0. The summed E-state index contributed by atoms with van der Waals surface area (Å²) in [5, 5.41) is 20.1. The van der Waals surface area contributed by atoms with Gasteiger partial charge in [0.1, 0.15) is 0 Å². The molecule has 0 aliphatic heterocycles. The minimum atomic E-state index is 0.00792. The Hall–Kier alpha value is -3.57. The zero-order valence-corrected chi connectivity index (χ0v) is 32.0. The van der Waals surface area contributed by atoms with Gasteiger partial charge in [-0.1, -0.05) is 53.7 Å². The highest BCUT2D eigenvalue weighted by molar-refractivity contribution is 6.33. The lowest BCUT2D eigenvalue weighted by molar-refractivity contribution is 0.00322. The minimum Gasteiger partial charge on any atom is -0.308 e. The molecular weight excluding hydrogens is 629 g/mol. The molecule has 2 aromatic heterocycles. The summed E-state index contributed by atoms with van der Waals surface area (Å²) in [6.45, 7) is 14.5. The molecule has 4 aromatic carbocycles. The quantitative estimate of drug-likeness (QED) is 0.157. The largest absolute Gasteiger partial charge is 0.308 e. The summed E-state index contributed by atoms with van der Waals surface area (Å²) in [6.07, 6.45) is 13.8. The second-order valence-electron chi connectivity index (χ2n) is 21.8. The molecule has 5 fully saturated rings. The molecule has 0 saturated heterocycles. The van der Waals surface area contributed by atoms with Crippen molar-refractivity contribution in [2.75, 3.05) is 0 Å². The number of hydrogen-bond donors (Lipinski definition) is 0. The highest BCUT2D eigenvalue weighted by Crippen LogP contribution is 2.77. The molecule has 8 aliphatic carbocycles. The van der Waals surface area contributed by atoms with Gasteiger partial charge in [-0.2, -0.15) is 5.26 Å². The highest BCUT2D eigenvalue weighted by atomic mass is 14.9. The monoisotopic (exact) mass is 680 g/mol. The number of hydrogen-bond acceptors (Lipinski definition) is 1. The first kappa shape index (κ1) is 29.8. The third kappa shape index (κ3) is 3.34. The van der Waals surface area contributed by atoms with E-state index in [1.807, 2.05) is 0 Å². The van der Waals surface area contributed by atoms with Crippen molar-refractivity contribution in [3.8, 4) is 6.07 Å². The standard InChI is InChI=1S/C50H52N2/c1-48(2,3)31-18-36-35(38(19-31)49(4,5)6)20-37-44-39(8-7-34-26-10-24-9-25(11-26)13-27(12-24)42(34)44)52-40-16-30(23-51)41-28-14-32-17-33-15-29(22-50(32,33)21-28)43(41)46(40)45(36)47(37)52/h7-8,16,18-20,24-29,32-33H,9-15,17,21-22H2,1-6H3. The molecular formula is C50H52N2. The van der Waals surface area contributed by atoms with Gasteiger partial charge < -0.3 is 4.40 Å². The first-order chi connectivity index (χ1) is 24.9. The molecule has 14 rings (SSSR count). The summed E-state index contributed by atoms with van der Waals surface area (Å²) in [5.74, 6) is 6.12. The van der Waals surface area contributed by atoms with Crippen LogP contribution in [0.15, 0.2) is 36.4 Å². The van der Waals surface area contributed by atoms with E-state index >= 15 is 0 Å². The van der Waals surface area contributed by atoms with Crippen LogP contribution >= 0.6 is 0 Å². The fourth-order valence-corrected chi connectivity index (χ4v) is 15.5. The number of fused-ring (bicyclic) bond motifs is 14. The van der Waals surface area contributed by atoms with Crippen molar-refractivity contribution < 1.29 is 0 Å². The third-order valence-corrected chi connectivity index (χ3v) is 17.3. The van der Waals surface area contributed by atoms with E-state index in [9.17, 15) is 5.26 Å². The summed E-state index contributed by atoms with van der Waals surface area (Å²) >= 11 is 0. The second-order valence-corrected chi connectivity index (χ2v) is 21.8. The third-order valence-electron chi connectivity index (χ3n) is 17.3. The highest BCUT2D eigenvalue weighted by Gasteiger charge is 2.66. The van der Waals surface area contributed by atoms with Crippen LogP contribution in [-0.2, 0) is 10.8 Å². The van der Waals surface area contributed by atoms with Gasteiger partial charge in [0.05, 0.1) is 28.2 Å². The van der Waals surface area contributed by atoms with Crippen LogP contribution in [0.5, 0.6) is 0 Å². The zero-order chi connectivity index (χ0) is 35.0. The SMILES string of the molecule is CC(C)(C)c1cc(C(C)(C)C)c2cc3c4c5c(ccc4n4c6cc(C#N)c7c(c6c(c2c1)c34)C1CC2CC3CC7CC32C1)C1CC2CC(C1)CC5C2. The molecule has 5 saturated carbocycles. The Morgan fingerprint density at radius 2 is 1.33 bits per heavy atom. The maximum atomic E-state index is 11.0. The molecule has 7 unspecified atom stereocenters. The van der Waals surface area contributed by atoms with E-state index in [4.69, 9.17) is 0 Å². The summed E-state index contributed by atoms with van der Waals surface area (Å²) in [5.41, 5.74) is 15.2. The summed E-state index contributed by atoms with van der Waals surface area (Å²) < 4.78 is 2.71. The molecule has 2 heterocycles. The van der Waals surface area contributed by atoms with Crippen LogP contribution in [0.4, 0.5) is 0 Å². The predicted octanol–water partition coefficient (Wildman–Crippen LogP) is 13.2. The summed E-state index contributed by atoms with van der Waals surface area (Å²) in [4.78, 5) is 0. The van der Waals surface area contributed by atoms with Crippen LogP contribution in [-0.4, -0.2) is 4.40 Å². The molecule has 7 bridgehead atoms. The van der Waals surface area contributed by atoms with E-state index in [1.165, 1.54) is 124 Å². The van der Waals surface area contributed by atoms with Crippen molar-refractivity contribution in [3.63, 3.8) is 0 Å². The lowest BCUT2D eigenvalue weighted by Gasteiger charge is -2.48. The fourth-order valence-electron chi connectivity index (χ4n) is 15.5. The Labute approximate surface area is 308 Å². The molecule has 1 spiro atoms. The molecule has 262 valence electrons. The van der Waals surface area contributed by atoms with Gasteiger partial charge in [0, 0.05) is 21.5 Å². The molecule has 8 aliphatic rings. The van der Waals surface area contributed by atoms with Crippen LogP contribution in [0.1, 0.15) is 168 Å². The van der Waals surface area contributed by atoms with Crippen molar-refractivity contribution in [2.24, 2.45) is 29.1 Å². The maximum absolute atomic E-state index is 11.0. The van der Waals surface area contributed by atoms with Gasteiger partial charge in [-0.25, -0.2) is 0 Å². The van der Waals surface area contributed by atoms with Crippen LogP contribution in [0, 0.1) is 40.4 Å². The van der Waals surface area contributed by atoms with Gasteiger partial charge in [0.2, 0.25) is 0 Å². The number of nitriles is 1. The summed E-state index contributed by atoms with van der Waals surface area (Å²) in [7, 11) is 0. The molecule has 0 radical (unpaired) electrons. The van der Waals surface area contributed by atoms with E-state index in [2.05, 4.69) is 88.4 Å². The molecule has 7 atom stereocenters. The van der Waals surface area contributed by atoms with E-state index in [0.717, 1.165) is 35.2 Å². The molecule has 0 N–H and O–H groups in total. The van der Waals surface area contributed by atoms with E-state index in [-0.39, 0.29) is 10.8 Å². The maximum Gasteiger partial charge on any atom is 0.0995 e. The van der Waals surface area contributed by atoms with Gasteiger partial charge in [-0.3, -0.25) is 0 Å². The van der Waals surface area contributed by atoms with Gasteiger partial charge in [-0.05, 0) is 196 Å². The average Bonchev–Trinajstić information content (AvgIpc) is 3.73. The van der Waals surface area contributed by atoms with Crippen molar-refractivity contribution in [2.45, 2.75) is 140 Å². The topological polar surface area (TPSA) is 28.2 Å². The minimum absolute atomic E-state index is 0.00792. The van der Waals surface area contributed by atoms with Gasteiger partial charge in [0.15, 0.2) is 0 Å². The fraction of sp³-hybridized carbons (Fsp3) is 0.540. The Morgan fingerprint density at radius 3 is 2.02 bits per heavy atom. The number of aromatic nitrogens is 1. The first-order valence-corrected chi connectivity index (χ1v) is 21.2. The number of benzene rings is 4. The molecule has 6 aromatic rings. The molecule has 2 heteroatoms. The van der Waals surface area contributed by atoms with Crippen molar-refractivity contribution >= 4 is 48.9 Å². The summed E-state index contributed by atoms with van der Waals surface area (Å²) in [6, 6.07) is 18.2. The van der Waals surface area contributed by atoms with E-state index in [1.54, 1.807) is 22.1 Å². The normalized spacial score (nSPS) is 34.0. The lowest BCUT2D eigenvalue weighted by atomic mass is 9.56. The molecule has 52 heavy (non-hydrogen) atoms. The lowest BCUT2D eigenvalue weighted by Crippen LogP contribution is -2.41. The smallest absolute Gasteiger partial charge is 0.0995 e. The van der Waals surface area contributed by atoms with Crippen LogP contribution in [0.3, 0.4) is 0 Å². The predicted molar refractivity (Wildman–Crippen MR) is 214 cm³/mol.